The molecule has 1 fully saturated rings. The zero-order valence-electron chi connectivity index (χ0n) is 9.89. The van der Waals surface area contributed by atoms with Gasteiger partial charge in [0.2, 0.25) is 0 Å². The van der Waals surface area contributed by atoms with Crippen molar-refractivity contribution in [1.82, 2.24) is 10.2 Å². The predicted octanol–water partition coefficient (Wildman–Crippen LogP) is 1.76. The number of carbonyl (C=O) groups is 1. The van der Waals surface area contributed by atoms with E-state index in [2.05, 4.69) is 10.2 Å². The molecule has 0 bridgehead atoms. The van der Waals surface area contributed by atoms with Crippen LogP contribution < -0.4 is 5.32 Å². The third-order valence-corrected chi connectivity index (χ3v) is 2.74. The molecule has 2 rings (SSSR count). The number of piperazine rings is 1. The van der Waals surface area contributed by atoms with Crippen LogP contribution in [0.4, 0.5) is 4.39 Å². The largest absolute Gasteiger partial charge is 0.314 e. The molecule has 0 aromatic heterocycles. The van der Waals surface area contributed by atoms with Crippen LogP contribution >= 0.6 is 24.8 Å². The minimum absolute atomic E-state index is 0. The fraction of sp³-hybridized carbons (Fsp3) is 0.417. The Bertz CT molecular complexity index is 367. The Balaban J connectivity index is 0.00000144. The average molecular weight is 295 g/mol. The number of rotatable bonds is 3. The van der Waals surface area contributed by atoms with Gasteiger partial charge in [0, 0.05) is 31.7 Å². The van der Waals surface area contributed by atoms with Gasteiger partial charge in [-0.15, -0.1) is 24.8 Å². The predicted molar refractivity (Wildman–Crippen MR) is 74.5 cm³/mol. The van der Waals surface area contributed by atoms with E-state index in [-0.39, 0.29) is 36.4 Å². The topological polar surface area (TPSA) is 32.3 Å². The summed E-state index contributed by atoms with van der Waals surface area (Å²) in [6, 6.07) is 5.73. The minimum atomic E-state index is -0.307. The van der Waals surface area contributed by atoms with Crippen molar-refractivity contribution in [3.8, 4) is 0 Å². The van der Waals surface area contributed by atoms with Crippen molar-refractivity contribution in [2.24, 2.45) is 0 Å². The van der Waals surface area contributed by atoms with Crippen LogP contribution in [-0.2, 0) is 0 Å². The van der Waals surface area contributed by atoms with Crippen LogP contribution in [0.1, 0.15) is 10.4 Å². The van der Waals surface area contributed by atoms with E-state index in [0.717, 1.165) is 26.2 Å². The zero-order chi connectivity index (χ0) is 11.4. The molecule has 1 aliphatic rings. The molecule has 18 heavy (non-hydrogen) atoms. The van der Waals surface area contributed by atoms with Crippen LogP contribution in [0.5, 0.6) is 0 Å². The molecule has 1 N–H and O–H groups in total. The Morgan fingerprint density at radius 3 is 2.28 bits per heavy atom. The van der Waals surface area contributed by atoms with Gasteiger partial charge in [-0.2, -0.15) is 0 Å². The van der Waals surface area contributed by atoms with E-state index in [1.54, 1.807) is 12.1 Å². The SMILES string of the molecule is Cl.Cl.O=C(CN1CCNCC1)c1ccc(F)cc1. The van der Waals surface area contributed by atoms with Crippen LogP contribution in [0.2, 0.25) is 0 Å². The van der Waals surface area contributed by atoms with Crippen molar-refractivity contribution >= 4 is 30.6 Å². The zero-order valence-corrected chi connectivity index (χ0v) is 11.5. The van der Waals surface area contributed by atoms with Crippen LogP contribution in [0.15, 0.2) is 24.3 Å². The van der Waals surface area contributed by atoms with E-state index >= 15 is 0 Å². The summed E-state index contributed by atoms with van der Waals surface area (Å²) in [5, 5.41) is 3.23. The second-order valence-electron chi connectivity index (χ2n) is 3.96. The molecule has 0 unspecified atom stereocenters. The number of carbonyl (C=O) groups excluding carboxylic acids is 1. The number of halogens is 3. The second-order valence-corrected chi connectivity index (χ2v) is 3.96. The lowest BCUT2D eigenvalue weighted by atomic mass is 10.1. The first-order valence-corrected chi connectivity index (χ1v) is 5.47. The van der Waals surface area contributed by atoms with Gasteiger partial charge in [0.25, 0.3) is 0 Å². The summed E-state index contributed by atoms with van der Waals surface area (Å²) in [5.41, 5.74) is 0.583. The maximum atomic E-state index is 12.7. The van der Waals surface area contributed by atoms with Gasteiger partial charge in [-0.3, -0.25) is 9.69 Å². The molecule has 1 aliphatic heterocycles. The molecule has 0 spiro atoms. The number of hydrogen-bond acceptors (Lipinski definition) is 3. The quantitative estimate of drug-likeness (QED) is 0.862. The first-order chi connectivity index (χ1) is 7.75. The maximum Gasteiger partial charge on any atom is 0.176 e. The van der Waals surface area contributed by atoms with E-state index in [0.29, 0.717) is 12.1 Å². The van der Waals surface area contributed by atoms with Crippen molar-refractivity contribution in [2.45, 2.75) is 0 Å². The lowest BCUT2D eigenvalue weighted by Crippen LogP contribution is -2.45. The summed E-state index contributed by atoms with van der Waals surface area (Å²) in [5.74, 6) is -0.249. The third-order valence-electron chi connectivity index (χ3n) is 2.74. The lowest BCUT2D eigenvalue weighted by Gasteiger charge is -2.26. The van der Waals surface area contributed by atoms with Gasteiger partial charge in [0.15, 0.2) is 5.78 Å². The molecule has 0 aliphatic carbocycles. The summed E-state index contributed by atoms with van der Waals surface area (Å²) >= 11 is 0. The van der Waals surface area contributed by atoms with Crippen molar-refractivity contribution in [3.05, 3.63) is 35.6 Å². The summed E-state index contributed by atoms with van der Waals surface area (Å²) in [4.78, 5) is 14.0. The molecular formula is C12H17Cl2FN2O. The summed E-state index contributed by atoms with van der Waals surface area (Å²) in [7, 11) is 0. The monoisotopic (exact) mass is 294 g/mol. The number of Topliss-reactive ketones (excluding diaryl/α,β-unsaturated/α-hetero) is 1. The van der Waals surface area contributed by atoms with Crippen LogP contribution in [0.25, 0.3) is 0 Å². The first-order valence-electron chi connectivity index (χ1n) is 5.47. The Kier molecular flexibility index (Phi) is 8.11. The fourth-order valence-corrected chi connectivity index (χ4v) is 1.80. The molecule has 0 radical (unpaired) electrons. The van der Waals surface area contributed by atoms with E-state index in [4.69, 9.17) is 0 Å². The van der Waals surface area contributed by atoms with Gasteiger partial charge in [-0.25, -0.2) is 4.39 Å². The van der Waals surface area contributed by atoms with Crippen molar-refractivity contribution in [1.29, 1.82) is 0 Å². The summed E-state index contributed by atoms with van der Waals surface area (Å²) in [6.45, 7) is 4.07. The number of benzene rings is 1. The van der Waals surface area contributed by atoms with Gasteiger partial charge in [0.1, 0.15) is 5.82 Å². The Morgan fingerprint density at radius 2 is 1.72 bits per heavy atom. The van der Waals surface area contributed by atoms with Crippen molar-refractivity contribution < 1.29 is 9.18 Å². The second kappa shape index (κ2) is 8.43. The van der Waals surface area contributed by atoms with Crippen molar-refractivity contribution in [2.75, 3.05) is 32.7 Å². The third kappa shape index (κ3) is 4.90. The van der Waals surface area contributed by atoms with Gasteiger partial charge >= 0.3 is 0 Å². The fourth-order valence-electron chi connectivity index (χ4n) is 1.80. The van der Waals surface area contributed by atoms with Crippen molar-refractivity contribution in [3.63, 3.8) is 0 Å². The molecule has 0 atom stereocenters. The van der Waals surface area contributed by atoms with Crippen LogP contribution in [0.3, 0.4) is 0 Å². The Hall–Kier alpha value is -0.680. The van der Waals surface area contributed by atoms with E-state index in [1.165, 1.54) is 12.1 Å². The standard InChI is InChI=1S/C12H15FN2O.2ClH/c13-11-3-1-10(2-4-11)12(16)9-15-7-5-14-6-8-15;;/h1-4,14H,5-9H2;2*1H. The molecule has 0 amide bonds. The van der Waals surface area contributed by atoms with Crippen LogP contribution in [0, 0.1) is 5.82 Å². The highest BCUT2D eigenvalue weighted by Gasteiger charge is 2.14. The smallest absolute Gasteiger partial charge is 0.176 e. The normalized spacial score (nSPS) is 15.4. The van der Waals surface area contributed by atoms with Crippen LogP contribution in [-0.4, -0.2) is 43.4 Å². The molecule has 1 aromatic carbocycles. The highest BCUT2D eigenvalue weighted by Crippen LogP contribution is 2.05. The number of hydrogen-bond donors (Lipinski definition) is 1. The number of nitrogens with one attached hydrogen (secondary N) is 1. The molecule has 102 valence electrons. The number of ketones is 1. The summed E-state index contributed by atoms with van der Waals surface area (Å²) in [6.07, 6.45) is 0. The van der Waals surface area contributed by atoms with E-state index in [9.17, 15) is 9.18 Å². The van der Waals surface area contributed by atoms with Gasteiger partial charge in [-0.1, -0.05) is 0 Å². The van der Waals surface area contributed by atoms with E-state index < -0.39 is 0 Å². The molecule has 0 saturated carbocycles. The molecule has 1 heterocycles. The van der Waals surface area contributed by atoms with Gasteiger partial charge < -0.3 is 5.32 Å². The number of nitrogens with zero attached hydrogens (tertiary/aromatic N) is 1. The summed E-state index contributed by atoms with van der Waals surface area (Å²) < 4.78 is 12.7. The molecule has 1 aromatic rings. The van der Waals surface area contributed by atoms with Gasteiger partial charge in [0.05, 0.1) is 6.54 Å². The lowest BCUT2D eigenvalue weighted by molar-refractivity contribution is 0.0921. The highest BCUT2D eigenvalue weighted by atomic mass is 35.5. The molecule has 1 saturated heterocycles. The van der Waals surface area contributed by atoms with E-state index in [1.807, 2.05) is 0 Å². The molecule has 6 heteroatoms. The molecule has 3 nitrogen and oxygen atoms in total. The Labute approximate surface area is 119 Å². The average Bonchev–Trinajstić information content (AvgIpc) is 2.31. The Morgan fingerprint density at radius 1 is 1.17 bits per heavy atom. The maximum absolute atomic E-state index is 12.7. The minimum Gasteiger partial charge on any atom is -0.314 e. The first kappa shape index (κ1) is 17.3. The highest BCUT2D eigenvalue weighted by molar-refractivity contribution is 5.97. The van der Waals surface area contributed by atoms with Gasteiger partial charge in [-0.05, 0) is 24.3 Å². The molecular weight excluding hydrogens is 278 g/mol.